The van der Waals surface area contributed by atoms with Crippen LogP contribution in [0.3, 0.4) is 0 Å². The van der Waals surface area contributed by atoms with Gasteiger partial charge in [0.15, 0.2) is 0 Å². The Hall–Kier alpha value is -0.930. The first-order valence-corrected chi connectivity index (χ1v) is 6.41. The Morgan fingerprint density at radius 1 is 1.53 bits per heavy atom. The van der Waals surface area contributed by atoms with Crippen molar-refractivity contribution in [3.63, 3.8) is 0 Å². The summed E-state index contributed by atoms with van der Waals surface area (Å²) in [5.74, 6) is -0.0830. The number of rotatable bonds is 5. The van der Waals surface area contributed by atoms with Crippen molar-refractivity contribution in [2.75, 3.05) is 6.54 Å². The third kappa shape index (κ3) is 2.85. The van der Waals surface area contributed by atoms with E-state index in [1.807, 2.05) is 13.0 Å². The lowest BCUT2D eigenvalue weighted by Crippen LogP contribution is -2.23. The molecule has 2 N–H and O–H groups in total. The Balaban J connectivity index is 1.91. The minimum absolute atomic E-state index is 0.0830. The van der Waals surface area contributed by atoms with Crippen molar-refractivity contribution >= 4 is 0 Å². The molecule has 0 aliphatic heterocycles. The zero-order chi connectivity index (χ0) is 12.3. The summed E-state index contributed by atoms with van der Waals surface area (Å²) in [5.41, 5.74) is 1.96. The standard InChI is InChI=1S/C14H20FNO/c1-2-10(17)8-9-16-14-7-6-11-12(14)4-3-5-13(11)15/h3-5,10,14,16-17H,2,6-9H2,1H3. The topological polar surface area (TPSA) is 32.3 Å². The van der Waals surface area contributed by atoms with E-state index in [0.29, 0.717) is 0 Å². The number of aliphatic hydroxyl groups excluding tert-OH is 1. The van der Waals surface area contributed by atoms with E-state index in [2.05, 4.69) is 5.32 Å². The van der Waals surface area contributed by atoms with Crippen molar-refractivity contribution < 1.29 is 9.50 Å². The minimum Gasteiger partial charge on any atom is -0.393 e. The number of hydrogen-bond donors (Lipinski definition) is 2. The molecule has 0 radical (unpaired) electrons. The van der Waals surface area contributed by atoms with Crippen LogP contribution in [0.4, 0.5) is 4.39 Å². The summed E-state index contributed by atoms with van der Waals surface area (Å²) in [6.45, 7) is 2.76. The number of nitrogens with one attached hydrogen (secondary N) is 1. The van der Waals surface area contributed by atoms with Crippen LogP contribution in [0, 0.1) is 5.82 Å². The molecule has 17 heavy (non-hydrogen) atoms. The van der Waals surface area contributed by atoms with Crippen LogP contribution in [0.15, 0.2) is 18.2 Å². The van der Waals surface area contributed by atoms with Gasteiger partial charge in [0, 0.05) is 6.04 Å². The largest absolute Gasteiger partial charge is 0.393 e. The second-order valence-electron chi connectivity index (χ2n) is 4.70. The number of halogens is 1. The van der Waals surface area contributed by atoms with Gasteiger partial charge in [0.05, 0.1) is 6.10 Å². The van der Waals surface area contributed by atoms with E-state index < -0.39 is 0 Å². The molecule has 1 aromatic rings. The molecule has 0 amide bonds. The normalized spacial score (nSPS) is 20.3. The molecular formula is C14H20FNO. The van der Waals surface area contributed by atoms with Crippen LogP contribution in [-0.4, -0.2) is 17.8 Å². The van der Waals surface area contributed by atoms with E-state index in [-0.39, 0.29) is 18.0 Å². The summed E-state index contributed by atoms with van der Waals surface area (Å²) in [7, 11) is 0. The van der Waals surface area contributed by atoms with Gasteiger partial charge in [-0.3, -0.25) is 0 Å². The van der Waals surface area contributed by atoms with Gasteiger partial charge < -0.3 is 10.4 Å². The first kappa shape index (κ1) is 12.5. The van der Waals surface area contributed by atoms with Crippen LogP contribution in [0.1, 0.15) is 43.4 Å². The van der Waals surface area contributed by atoms with Crippen molar-refractivity contribution in [3.05, 3.63) is 35.1 Å². The highest BCUT2D eigenvalue weighted by atomic mass is 19.1. The highest BCUT2D eigenvalue weighted by molar-refractivity contribution is 5.35. The Morgan fingerprint density at radius 2 is 2.35 bits per heavy atom. The molecule has 1 aliphatic carbocycles. The maximum atomic E-state index is 13.5. The van der Waals surface area contributed by atoms with Crippen molar-refractivity contribution in [1.29, 1.82) is 0 Å². The third-order valence-corrected chi connectivity index (χ3v) is 3.55. The maximum Gasteiger partial charge on any atom is 0.126 e. The van der Waals surface area contributed by atoms with Crippen LogP contribution in [0.2, 0.25) is 0 Å². The summed E-state index contributed by atoms with van der Waals surface area (Å²) in [6, 6.07) is 5.56. The van der Waals surface area contributed by atoms with Gasteiger partial charge >= 0.3 is 0 Å². The fraction of sp³-hybridized carbons (Fsp3) is 0.571. The van der Waals surface area contributed by atoms with Crippen LogP contribution in [-0.2, 0) is 6.42 Å². The summed E-state index contributed by atoms with van der Waals surface area (Å²) in [6.07, 6.45) is 3.10. The molecule has 94 valence electrons. The quantitative estimate of drug-likeness (QED) is 0.825. The molecular weight excluding hydrogens is 217 g/mol. The molecule has 1 aromatic carbocycles. The highest BCUT2D eigenvalue weighted by Gasteiger charge is 2.24. The van der Waals surface area contributed by atoms with E-state index in [1.54, 1.807) is 6.07 Å². The van der Waals surface area contributed by atoms with Gasteiger partial charge in [-0.15, -0.1) is 0 Å². The van der Waals surface area contributed by atoms with Gasteiger partial charge in [-0.05, 0) is 49.4 Å². The second kappa shape index (κ2) is 5.61. The predicted molar refractivity (Wildman–Crippen MR) is 66.4 cm³/mol. The zero-order valence-electron chi connectivity index (χ0n) is 10.2. The third-order valence-electron chi connectivity index (χ3n) is 3.55. The molecule has 2 unspecified atom stereocenters. The van der Waals surface area contributed by atoms with E-state index in [1.165, 1.54) is 6.07 Å². The predicted octanol–water partition coefficient (Wildman–Crippen LogP) is 2.56. The highest BCUT2D eigenvalue weighted by Crippen LogP contribution is 2.32. The molecule has 0 spiro atoms. The smallest absolute Gasteiger partial charge is 0.126 e. The Kier molecular flexibility index (Phi) is 4.13. The zero-order valence-corrected chi connectivity index (χ0v) is 10.2. The van der Waals surface area contributed by atoms with Crippen molar-refractivity contribution in [1.82, 2.24) is 5.32 Å². The molecule has 0 saturated heterocycles. The Labute approximate surface area is 102 Å². The fourth-order valence-electron chi connectivity index (χ4n) is 2.45. The van der Waals surface area contributed by atoms with E-state index in [4.69, 9.17) is 0 Å². The van der Waals surface area contributed by atoms with Crippen molar-refractivity contribution in [2.24, 2.45) is 0 Å². The monoisotopic (exact) mass is 237 g/mol. The van der Waals surface area contributed by atoms with Crippen molar-refractivity contribution in [3.8, 4) is 0 Å². The van der Waals surface area contributed by atoms with Gasteiger partial charge in [0.2, 0.25) is 0 Å². The van der Waals surface area contributed by atoms with Gasteiger partial charge in [0.25, 0.3) is 0 Å². The summed E-state index contributed by atoms with van der Waals surface area (Å²) >= 11 is 0. The summed E-state index contributed by atoms with van der Waals surface area (Å²) in [4.78, 5) is 0. The molecule has 0 aromatic heterocycles. The summed E-state index contributed by atoms with van der Waals surface area (Å²) < 4.78 is 13.5. The SMILES string of the molecule is CCC(O)CCNC1CCc2c(F)cccc21. The lowest BCUT2D eigenvalue weighted by molar-refractivity contribution is 0.158. The molecule has 1 aliphatic rings. The average molecular weight is 237 g/mol. The lowest BCUT2D eigenvalue weighted by Gasteiger charge is -2.15. The molecule has 2 atom stereocenters. The Bertz CT molecular complexity index is 380. The first-order valence-electron chi connectivity index (χ1n) is 6.41. The van der Waals surface area contributed by atoms with E-state index in [9.17, 15) is 9.50 Å². The molecule has 3 heteroatoms. The molecule has 0 heterocycles. The number of aliphatic hydroxyl groups is 1. The van der Waals surface area contributed by atoms with Crippen LogP contribution in [0.25, 0.3) is 0 Å². The first-order chi connectivity index (χ1) is 8.22. The fourth-order valence-corrected chi connectivity index (χ4v) is 2.45. The van der Waals surface area contributed by atoms with Crippen molar-refractivity contribution in [2.45, 2.75) is 44.8 Å². The van der Waals surface area contributed by atoms with Gasteiger partial charge in [-0.1, -0.05) is 19.1 Å². The molecule has 0 fully saturated rings. The summed E-state index contributed by atoms with van der Waals surface area (Å²) in [5, 5.41) is 12.9. The van der Waals surface area contributed by atoms with E-state index >= 15 is 0 Å². The maximum absolute atomic E-state index is 13.5. The lowest BCUT2D eigenvalue weighted by atomic mass is 10.1. The van der Waals surface area contributed by atoms with Gasteiger partial charge in [-0.2, -0.15) is 0 Å². The molecule has 2 rings (SSSR count). The molecule has 2 nitrogen and oxygen atoms in total. The minimum atomic E-state index is -0.226. The second-order valence-corrected chi connectivity index (χ2v) is 4.70. The Morgan fingerprint density at radius 3 is 3.12 bits per heavy atom. The number of fused-ring (bicyclic) bond motifs is 1. The molecule has 0 saturated carbocycles. The van der Waals surface area contributed by atoms with Crippen LogP contribution < -0.4 is 5.32 Å². The number of hydrogen-bond acceptors (Lipinski definition) is 2. The van der Waals surface area contributed by atoms with Gasteiger partial charge in [-0.25, -0.2) is 4.39 Å². The van der Waals surface area contributed by atoms with E-state index in [0.717, 1.165) is 43.4 Å². The molecule has 0 bridgehead atoms. The average Bonchev–Trinajstić information content (AvgIpc) is 2.74. The van der Waals surface area contributed by atoms with Crippen LogP contribution in [0.5, 0.6) is 0 Å². The number of benzene rings is 1. The van der Waals surface area contributed by atoms with Crippen LogP contribution >= 0.6 is 0 Å². The van der Waals surface area contributed by atoms with Gasteiger partial charge in [0.1, 0.15) is 5.82 Å².